The van der Waals surface area contributed by atoms with Crippen LogP contribution >= 0.6 is 0 Å². The predicted molar refractivity (Wildman–Crippen MR) is 239 cm³/mol. The van der Waals surface area contributed by atoms with E-state index in [0.717, 1.165) is 55.9 Å². The third-order valence-corrected chi connectivity index (χ3v) is 11.9. The summed E-state index contributed by atoms with van der Waals surface area (Å²) in [6.07, 6.45) is 0. The van der Waals surface area contributed by atoms with Crippen molar-refractivity contribution >= 4 is 44.8 Å². The first-order valence-corrected chi connectivity index (χ1v) is 19.8. The van der Waals surface area contributed by atoms with Crippen LogP contribution in [0.3, 0.4) is 0 Å². The average molecular weight is 747 g/mol. The van der Waals surface area contributed by atoms with Gasteiger partial charge in [0.25, 0.3) is 5.56 Å². The van der Waals surface area contributed by atoms with Crippen LogP contribution in [0, 0.1) is 0 Å². The number of hydrogen-bond acceptors (Lipinski definition) is 3. The van der Waals surface area contributed by atoms with Gasteiger partial charge in [0.1, 0.15) is 0 Å². The van der Waals surface area contributed by atoms with Crippen molar-refractivity contribution in [3.05, 3.63) is 216 Å². The van der Waals surface area contributed by atoms with Crippen LogP contribution in [0.1, 0.15) is 25.0 Å². The van der Waals surface area contributed by atoms with Crippen molar-refractivity contribution in [2.45, 2.75) is 19.3 Å². The van der Waals surface area contributed by atoms with E-state index in [1.807, 2.05) is 59.0 Å². The second-order valence-electron chi connectivity index (χ2n) is 15.6. The zero-order valence-corrected chi connectivity index (χ0v) is 32.2. The van der Waals surface area contributed by atoms with Crippen molar-refractivity contribution in [1.29, 1.82) is 0 Å². The minimum absolute atomic E-state index is 0.123. The molecule has 1 aliphatic carbocycles. The highest BCUT2D eigenvalue weighted by Crippen LogP contribution is 2.50. The Bertz CT molecular complexity index is 3250. The summed E-state index contributed by atoms with van der Waals surface area (Å²) in [4.78, 5) is 21.3. The molecule has 10 aromatic rings. The smallest absolute Gasteiger partial charge is 0.299 e. The van der Waals surface area contributed by atoms with Gasteiger partial charge < -0.3 is 4.90 Å². The van der Waals surface area contributed by atoms with Gasteiger partial charge in [0.2, 0.25) is 5.65 Å². The lowest BCUT2D eigenvalue weighted by atomic mass is 9.82. The van der Waals surface area contributed by atoms with Crippen molar-refractivity contribution in [3.8, 4) is 39.1 Å². The molecule has 5 nitrogen and oxygen atoms in total. The number of fused-ring (bicyclic) bond motifs is 8. The number of para-hydroxylation sites is 3. The second-order valence-corrected chi connectivity index (χ2v) is 15.6. The summed E-state index contributed by atoms with van der Waals surface area (Å²) in [6, 6.07) is 68.1. The number of benzene rings is 8. The molecule has 0 aliphatic heterocycles. The minimum atomic E-state index is -0.150. The first kappa shape index (κ1) is 33.8. The molecule has 0 unspecified atom stereocenters. The van der Waals surface area contributed by atoms with Crippen molar-refractivity contribution in [2.24, 2.45) is 0 Å². The van der Waals surface area contributed by atoms with Crippen LogP contribution in [0.5, 0.6) is 0 Å². The molecule has 0 bridgehead atoms. The van der Waals surface area contributed by atoms with E-state index < -0.39 is 0 Å². The van der Waals surface area contributed by atoms with Gasteiger partial charge in [-0.2, -0.15) is 0 Å². The van der Waals surface area contributed by atoms with Gasteiger partial charge in [-0.15, -0.1) is 0 Å². The SMILES string of the molecule is CC1(C)c2ccccc2-c2ccc(N(c3ccc(-c4ccccc4)cc3)c3ccc(-c4ccc5c(c4)n4c(nc6ccccc64)c(=O)n5-c4ccccc4)cc3)cc21. The lowest BCUT2D eigenvalue weighted by molar-refractivity contribution is 0.660. The molecule has 2 heterocycles. The largest absolute Gasteiger partial charge is 0.310 e. The fourth-order valence-electron chi connectivity index (χ4n) is 9.04. The van der Waals surface area contributed by atoms with E-state index in [2.05, 4.69) is 158 Å². The number of hydrogen-bond donors (Lipinski definition) is 0. The standard InChI is InChI=1S/C53H38N4O/c1-53(2)45-18-10-9-17-43(45)44-31-30-42(34-46(44)53)55(40-26-21-36(22-27-40)35-13-5-3-6-14-35)41-28-23-37(24-29-41)38-25-32-49-50(33-38)57-48-20-12-11-19-47(48)54-51(57)52(58)56(49)39-15-7-4-8-16-39/h3-34H,1-2H3. The molecular weight excluding hydrogens is 709 g/mol. The molecule has 5 heteroatoms. The van der Waals surface area contributed by atoms with Crippen molar-refractivity contribution in [1.82, 2.24) is 14.0 Å². The van der Waals surface area contributed by atoms with Gasteiger partial charge in [-0.3, -0.25) is 13.8 Å². The first-order valence-electron chi connectivity index (χ1n) is 19.8. The summed E-state index contributed by atoms with van der Waals surface area (Å²) in [5.74, 6) is 0. The predicted octanol–water partition coefficient (Wildman–Crippen LogP) is 12.9. The van der Waals surface area contributed by atoms with Crippen LogP contribution in [-0.2, 0) is 5.41 Å². The average Bonchev–Trinajstić information content (AvgIpc) is 3.78. The quantitative estimate of drug-likeness (QED) is 0.170. The van der Waals surface area contributed by atoms with Gasteiger partial charge in [-0.1, -0.05) is 135 Å². The van der Waals surface area contributed by atoms with Crippen molar-refractivity contribution in [2.75, 3.05) is 4.90 Å². The molecule has 1 aliphatic rings. The van der Waals surface area contributed by atoms with Gasteiger partial charge >= 0.3 is 0 Å². The Labute approximate surface area is 336 Å². The third-order valence-electron chi connectivity index (χ3n) is 11.9. The highest BCUT2D eigenvalue weighted by Gasteiger charge is 2.35. The van der Waals surface area contributed by atoms with Crippen molar-refractivity contribution in [3.63, 3.8) is 0 Å². The van der Waals surface area contributed by atoms with Gasteiger partial charge in [-0.25, -0.2) is 4.98 Å². The second kappa shape index (κ2) is 13.0. The van der Waals surface area contributed by atoms with E-state index in [-0.39, 0.29) is 11.0 Å². The van der Waals surface area contributed by atoms with Crippen LogP contribution in [0.25, 0.3) is 66.8 Å². The van der Waals surface area contributed by atoms with Crippen LogP contribution in [0.15, 0.2) is 199 Å². The van der Waals surface area contributed by atoms with E-state index in [0.29, 0.717) is 5.65 Å². The van der Waals surface area contributed by atoms with E-state index >= 15 is 0 Å². The summed E-state index contributed by atoms with van der Waals surface area (Å²) in [6.45, 7) is 4.66. The van der Waals surface area contributed by atoms with Gasteiger partial charge in [-0.05, 0) is 117 Å². The minimum Gasteiger partial charge on any atom is -0.310 e. The van der Waals surface area contributed by atoms with E-state index in [4.69, 9.17) is 4.98 Å². The molecule has 0 fully saturated rings. The molecule has 8 aromatic carbocycles. The Kier molecular flexibility index (Phi) is 7.60. The zero-order valence-electron chi connectivity index (χ0n) is 32.2. The number of nitrogens with zero attached hydrogens (tertiary/aromatic N) is 4. The number of rotatable bonds is 6. The highest BCUT2D eigenvalue weighted by molar-refractivity contribution is 5.92. The molecular formula is C53H38N4O. The molecule has 0 saturated heterocycles. The Morgan fingerprint density at radius 3 is 1.78 bits per heavy atom. The molecule has 0 N–H and O–H groups in total. The maximum atomic E-state index is 14.1. The fraction of sp³-hybridized carbons (Fsp3) is 0.0566. The van der Waals surface area contributed by atoms with E-state index in [1.165, 1.54) is 33.4 Å². The molecule has 2 aromatic heterocycles. The molecule has 0 radical (unpaired) electrons. The number of aromatic nitrogens is 3. The molecule has 0 atom stereocenters. The van der Waals surface area contributed by atoms with E-state index in [9.17, 15) is 4.79 Å². The number of imidazole rings is 1. The Hall–Kier alpha value is -7.50. The molecule has 58 heavy (non-hydrogen) atoms. The molecule has 276 valence electrons. The van der Waals surface area contributed by atoms with E-state index in [1.54, 1.807) is 4.57 Å². The summed E-state index contributed by atoms with van der Waals surface area (Å²) in [7, 11) is 0. The monoisotopic (exact) mass is 746 g/mol. The fourth-order valence-corrected chi connectivity index (χ4v) is 9.04. The molecule has 0 spiro atoms. The summed E-state index contributed by atoms with van der Waals surface area (Å²) in [5.41, 5.74) is 17.4. The summed E-state index contributed by atoms with van der Waals surface area (Å²) < 4.78 is 3.79. The number of anilines is 3. The summed E-state index contributed by atoms with van der Waals surface area (Å²) in [5, 5.41) is 0. The van der Waals surface area contributed by atoms with Gasteiger partial charge in [0.05, 0.1) is 22.1 Å². The normalized spacial score (nSPS) is 12.9. The Balaban J connectivity index is 1.05. The van der Waals surface area contributed by atoms with Crippen LogP contribution in [0.4, 0.5) is 17.1 Å². The maximum absolute atomic E-state index is 14.1. The van der Waals surface area contributed by atoms with Crippen molar-refractivity contribution < 1.29 is 0 Å². The topological polar surface area (TPSA) is 42.5 Å². The highest BCUT2D eigenvalue weighted by atomic mass is 16.1. The maximum Gasteiger partial charge on any atom is 0.299 e. The van der Waals surface area contributed by atoms with Crippen LogP contribution < -0.4 is 10.5 Å². The first-order chi connectivity index (χ1) is 28.4. The van der Waals surface area contributed by atoms with Crippen LogP contribution in [0.2, 0.25) is 0 Å². The van der Waals surface area contributed by atoms with Gasteiger partial charge in [0, 0.05) is 28.2 Å². The summed E-state index contributed by atoms with van der Waals surface area (Å²) >= 11 is 0. The Morgan fingerprint density at radius 2 is 1.03 bits per heavy atom. The molecule has 0 saturated carbocycles. The third kappa shape index (κ3) is 5.24. The molecule has 11 rings (SSSR count). The molecule has 0 amide bonds. The lowest BCUT2D eigenvalue weighted by Gasteiger charge is -2.28. The lowest BCUT2D eigenvalue weighted by Crippen LogP contribution is -2.21. The Morgan fingerprint density at radius 1 is 0.466 bits per heavy atom. The zero-order chi connectivity index (χ0) is 39.0. The van der Waals surface area contributed by atoms with Gasteiger partial charge in [0.15, 0.2) is 0 Å². The van der Waals surface area contributed by atoms with Crippen LogP contribution in [-0.4, -0.2) is 14.0 Å².